The average Bonchev–Trinajstić information content (AvgIpc) is 3.21. The molecule has 0 aliphatic heterocycles. The molecule has 3 N–H and O–H groups in total. The molecule has 0 radical (unpaired) electrons. The zero-order valence-electron chi connectivity index (χ0n) is 33.9. The van der Waals surface area contributed by atoms with Crippen molar-refractivity contribution < 1.29 is 38.3 Å². The molecule has 0 aromatic heterocycles. The SMILES string of the molecule is COCCN(CCOC)Cc1ccc(N)cc1.COCCN(CCOC)Cc1ccc([N+](=O)[O-])cc1.COCCNCCOC.O=[N+]([O-])c1ccc(CCl)cc1. The van der Waals surface area contributed by atoms with E-state index in [1.807, 2.05) is 12.1 Å². The fourth-order valence-corrected chi connectivity index (χ4v) is 4.64. The van der Waals surface area contributed by atoms with Gasteiger partial charge in [-0.1, -0.05) is 36.4 Å². The molecular weight excluding hydrogens is 748 g/mol. The van der Waals surface area contributed by atoms with E-state index in [9.17, 15) is 20.2 Å². The predicted molar refractivity (Wildman–Crippen MR) is 221 cm³/mol. The zero-order chi connectivity index (χ0) is 41.8. The lowest BCUT2D eigenvalue weighted by atomic mass is 10.2. The Morgan fingerprint density at radius 1 is 0.536 bits per heavy atom. The Bertz CT molecular complexity index is 1350. The van der Waals surface area contributed by atoms with E-state index in [0.717, 1.165) is 95.6 Å². The molecular formula is C39H63ClN6O10. The number of nitro benzene ring substituents is 2. The fourth-order valence-electron chi connectivity index (χ4n) is 4.46. The quantitative estimate of drug-likeness (QED) is 0.0371. The minimum Gasteiger partial charge on any atom is -0.399 e. The van der Waals surface area contributed by atoms with Gasteiger partial charge >= 0.3 is 0 Å². The first-order valence-electron chi connectivity index (χ1n) is 18.0. The van der Waals surface area contributed by atoms with Crippen LogP contribution in [0.3, 0.4) is 0 Å². The van der Waals surface area contributed by atoms with Crippen molar-refractivity contribution in [3.05, 3.63) is 110 Å². The largest absolute Gasteiger partial charge is 0.399 e. The van der Waals surface area contributed by atoms with Crippen LogP contribution in [0.1, 0.15) is 16.7 Å². The maximum Gasteiger partial charge on any atom is 0.269 e. The standard InChI is InChI=1S/C13H20N2O4.C13H22N2O2.C7H6ClNO2.C6H15NO2/c1-18-9-7-14(8-10-19-2)11-12-3-5-13(6-4-12)15(16)17;1-16-9-7-15(8-10-17-2)11-12-3-5-13(14)6-4-12;8-5-6-1-3-7(4-2-6)9(10)11;1-8-5-3-7-4-6-9-2/h3-6H,7-11H2,1-2H3;3-6H,7-11,14H2,1-2H3;1-4H,5H2;7H,3-6H2,1-2H3. The lowest BCUT2D eigenvalue weighted by molar-refractivity contribution is -0.385. The molecule has 0 unspecified atom stereocenters. The van der Waals surface area contributed by atoms with Gasteiger partial charge in [0.1, 0.15) is 0 Å². The lowest BCUT2D eigenvalue weighted by Crippen LogP contribution is -2.30. The maximum atomic E-state index is 10.6. The van der Waals surface area contributed by atoms with Gasteiger partial charge in [-0.15, -0.1) is 11.6 Å². The number of non-ortho nitro benzene ring substituents is 2. The molecule has 0 bridgehead atoms. The molecule has 0 fully saturated rings. The van der Waals surface area contributed by atoms with Crippen molar-refractivity contribution in [2.24, 2.45) is 0 Å². The molecule has 0 atom stereocenters. The van der Waals surface area contributed by atoms with Crippen LogP contribution in [0.25, 0.3) is 0 Å². The van der Waals surface area contributed by atoms with Gasteiger partial charge in [0.25, 0.3) is 11.4 Å². The number of nitrogens with zero attached hydrogens (tertiary/aromatic N) is 4. The van der Waals surface area contributed by atoms with E-state index in [2.05, 4.69) is 27.2 Å². The Labute approximate surface area is 337 Å². The molecule has 56 heavy (non-hydrogen) atoms. The number of benzene rings is 3. The minimum absolute atomic E-state index is 0.0962. The van der Waals surface area contributed by atoms with Crippen molar-refractivity contribution in [2.75, 3.05) is 127 Å². The molecule has 0 aliphatic rings. The van der Waals surface area contributed by atoms with Crippen molar-refractivity contribution in [3.63, 3.8) is 0 Å². The van der Waals surface area contributed by atoms with E-state index in [1.165, 1.54) is 29.8 Å². The number of nitrogens with two attached hydrogens (primary N) is 1. The van der Waals surface area contributed by atoms with Crippen LogP contribution in [0, 0.1) is 20.2 Å². The number of hydrogen-bond donors (Lipinski definition) is 2. The number of anilines is 1. The molecule has 0 saturated carbocycles. The lowest BCUT2D eigenvalue weighted by Gasteiger charge is -2.21. The van der Waals surface area contributed by atoms with Gasteiger partial charge in [-0.2, -0.15) is 0 Å². The van der Waals surface area contributed by atoms with Crippen molar-refractivity contribution >= 4 is 28.7 Å². The number of hydrogen-bond acceptors (Lipinski definition) is 14. The van der Waals surface area contributed by atoms with Gasteiger partial charge in [-0.05, 0) is 28.8 Å². The zero-order valence-corrected chi connectivity index (χ0v) is 34.6. The fraction of sp³-hybridized carbons (Fsp3) is 0.538. The van der Waals surface area contributed by atoms with E-state index < -0.39 is 9.85 Å². The number of methoxy groups -OCH3 is 6. The number of nitro groups is 2. The summed E-state index contributed by atoms with van der Waals surface area (Å²) >= 11 is 5.49. The summed E-state index contributed by atoms with van der Waals surface area (Å²) in [5, 5.41) is 23.9. The van der Waals surface area contributed by atoms with Crippen LogP contribution in [-0.4, -0.2) is 141 Å². The summed E-state index contributed by atoms with van der Waals surface area (Å²) in [5.41, 5.74) is 9.86. The molecule has 3 aromatic rings. The van der Waals surface area contributed by atoms with Crippen molar-refractivity contribution in [1.82, 2.24) is 15.1 Å². The molecule has 0 aliphatic carbocycles. The van der Waals surface area contributed by atoms with Gasteiger partial charge in [0.15, 0.2) is 0 Å². The Hall–Kier alpha value is -3.81. The van der Waals surface area contributed by atoms with Crippen LogP contribution < -0.4 is 11.1 Å². The number of alkyl halides is 1. The number of nitrogens with one attached hydrogen (secondary N) is 1. The number of nitrogen functional groups attached to an aromatic ring is 1. The third kappa shape index (κ3) is 27.7. The Kier molecular flexibility index (Phi) is 33.2. The normalized spacial score (nSPS) is 10.5. The Morgan fingerprint density at radius 2 is 0.839 bits per heavy atom. The van der Waals surface area contributed by atoms with E-state index in [-0.39, 0.29) is 11.4 Å². The highest BCUT2D eigenvalue weighted by atomic mass is 35.5. The summed E-state index contributed by atoms with van der Waals surface area (Å²) in [6.07, 6.45) is 0. The molecule has 16 nitrogen and oxygen atoms in total. The van der Waals surface area contributed by atoms with Crippen LogP contribution in [-0.2, 0) is 47.4 Å². The summed E-state index contributed by atoms with van der Waals surface area (Å²) < 4.78 is 30.0. The highest BCUT2D eigenvalue weighted by Crippen LogP contribution is 2.14. The van der Waals surface area contributed by atoms with Gasteiger partial charge in [0.05, 0.1) is 49.5 Å². The van der Waals surface area contributed by atoms with E-state index in [4.69, 9.17) is 45.8 Å². The van der Waals surface area contributed by atoms with E-state index in [1.54, 1.807) is 66.9 Å². The van der Waals surface area contributed by atoms with Gasteiger partial charge in [-0.25, -0.2) is 0 Å². The molecule has 3 aromatic carbocycles. The summed E-state index contributed by atoms with van der Waals surface area (Å²) in [7, 11) is 10.2. The molecule has 0 heterocycles. The monoisotopic (exact) mass is 810 g/mol. The van der Waals surface area contributed by atoms with Gasteiger partial charge in [0.2, 0.25) is 0 Å². The maximum absolute atomic E-state index is 10.6. The van der Waals surface area contributed by atoms with Gasteiger partial charge in [-0.3, -0.25) is 30.0 Å². The molecule has 0 amide bonds. The first-order chi connectivity index (χ1) is 27.1. The minimum atomic E-state index is -0.433. The van der Waals surface area contributed by atoms with Gasteiger partial charge in [0, 0.05) is 131 Å². The van der Waals surface area contributed by atoms with E-state index >= 15 is 0 Å². The van der Waals surface area contributed by atoms with Crippen molar-refractivity contribution in [1.29, 1.82) is 0 Å². The van der Waals surface area contributed by atoms with Crippen molar-refractivity contribution in [2.45, 2.75) is 19.0 Å². The summed E-state index contributed by atoms with van der Waals surface area (Å²) in [4.78, 5) is 24.4. The number of halogens is 1. The van der Waals surface area contributed by atoms with Gasteiger partial charge < -0.3 is 39.5 Å². The molecule has 17 heteroatoms. The molecule has 0 saturated heterocycles. The van der Waals surface area contributed by atoms with Crippen LogP contribution in [0.2, 0.25) is 0 Å². The Balaban J connectivity index is 0.000000750. The highest BCUT2D eigenvalue weighted by molar-refractivity contribution is 6.17. The first kappa shape index (κ1) is 52.2. The van der Waals surface area contributed by atoms with E-state index in [0.29, 0.717) is 19.1 Å². The third-order valence-corrected chi connectivity index (χ3v) is 7.96. The summed E-state index contributed by atoms with van der Waals surface area (Å²) in [6.45, 7) is 11.2. The second kappa shape index (κ2) is 35.6. The molecule has 3 rings (SSSR count). The smallest absolute Gasteiger partial charge is 0.269 e. The average molecular weight is 811 g/mol. The first-order valence-corrected chi connectivity index (χ1v) is 18.6. The van der Waals surface area contributed by atoms with Crippen molar-refractivity contribution in [3.8, 4) is 0 Å². The highest BCUT2D eigenvalue weighted by Gasteiger charge is 2.09. The molecule has 0 spiro atoms. The summed E-state index contributed by atoms with van der Waals surface area (Å²) in [6, 6.07) is 20.8. The second-order valence-corrected chi connectivity index (χ2v) is 12.2. The van der Waals surface area contributed by atoms with Crippen LogP contribution in [0.5, 0.6) is 0 Å². The Morgan fingerprint density at radius 3 is 1.12 bits per heavy atom. The number of ether oxygens (including phenoxy) is 6. The molecule has 316 valence electrons. The van der Waals surface area contributed by atoms with Crippen LogP contribution >= 0.6 is 11.6 Å². The summed E-state index contributed by atoms with van der Waals surface area (Å²) in [5.74, 6) is 0.387. The number of rotatable bonds is 25. The third-order valence-electron chi connectivity index (χ3n) is 7.65. The van der Waals surface area contributed by atoms with Crippen LogP contribution in [0.4, 0.5) is 17.1 Å². The van der Waals surface area contributed by atoms with Crippen LogP contribution in [0.15, 0.2) is 72.8 Å². The second-order valence-electron chi connectivity index (χ2n) is 12.0. The topological polar surface area (TPSA) is 186 Å². The predicted octanol–water partition coefficient (Wildman–Crippen LogP) is 5.26.